The third-order valence-corrected chi connectivity index (χ3v) is 4.67. The highest BCUT2D eigenvalue weighted by molar-refractivity contribution is 6.30. The molecule has 0 saturated carbocycles. The summed E-state index contributed by atoms with van der Waals surface area (Å²) in [5.74, 6) is -0.703. The maximum Gasteiger partial charge on any atom is 0.326 e. The summed E-state index contributed by atoms with van der Waals surface area (Å²) >= 11 is 6.01. The van der Waals surface area contributed by atoms with Crippen molar-refractivity contribution in [3.63, 3.8) is 0 Å². The molecule has 6 heteroatoms. The lowest BCUT2D eigenvalue weighted by Gasteiger charge is -2.34. The van der Waals surface area contributed by atoms with Crippen molar-refractivity contribution in [1.29, 1.82) is 0 Å². The van der Waals surface area contributed by atoms with E-state index in [1.54, 1.807) is 18.2 Å². The number of halogens is 1. The van der Waals surface area contributed by atoms with E-state index in [2.05, 4.69) is 0 Å². The van der Waals surface area contributed by atoms with Gasteiger partial charge in [-0.3, -0.25) is 4.79 Å². The lowest BCUT2D eigenvalue weighted by molar-refractivity contribution is -0.151. The Morgan fingerprint density at radius 2 is 1.96 bits per heavy atom. The Bertz CT molecular complexity index is 821. The van der Waals surface area contributed by atoms with Crippen LogP contribution in [0.3, 0.4) is 0 Å². The molecule has 0 spiro atoms. The molecule has 0 radical (unpaired) electrons. The number of ether oxygens (including phenoxy) is 1. The second kappa shape index (κ2) is 7.15. The molecule has 1 unspecified atom stereocenters. The molecule has 0 fully saturated rings. The molecule has 2 aromatic rings. The Balaban J connectivity index is 1.88. The van der Waals surface area contributed by atoms with Crippen molar-refractivity contribution in [2.45, 2.75) is 25.4 Å². The monoisotopic (exact) mass is 359 g/mol. The van der Waals surface area contributed by atoms with Crippen molar-refractivity contribution in [3.8, 4) is 5.75 Å². The smallest absolute Gasteiger partial charge is 0.326 e. The van der Waals surface area contributed by atoms with Crippen LogP contribution < -0.4 is 4.74 Å². The molecule has 1 heterocycles. The van der Waals surface area contributed by atoms with Crippen molar-refractivity contribution in [3.05, 3.63) is 64.2 Å². The number of fused-ring (bicyclic) bond motifs is 1. The van der Waals surface area contributed by atoms with Gasteiger partial charge in [0.25, 0.3) is 0 Å². The molecule has 0 aromatic heterocycles. The molecule has 0 aliphatic carbocycles. The van der Waals surface area contributed by atoms with Crippen molar-refractivity contribution in [2.24, 2.45) is 0 Å². The summed E-state index contributed by atoms with van der Waals surface area (Å²) in [5, 5.41) is 10.1. The van der Waals surface area contributed by atoms with Gasteiger partial charge in [0.05, 0.1) is 13.5 Å². The number of nitrogens with zero attached hydrogens (tertiary/aromatic N) is 1. The van der Waals surface area contributed by atoms with E-state index < -0.39 is 12.0 Å². The minimum atomic E-state index is -0.999. The molecular formula is C19H18ClNO4. The fourth-order valence-electron chi connectivity index (χ4n) is 3.16. The van der Waals surface area contributed by atoms with E-state index in [-0.39, 0.29) is 18.9 Å². The van der Waals surface area contributed by atoms with Gasteiger partial charge in [-0.05, 0) is 29.3 Å². The van der Waals surface area contributed by atoms with Gasteiger partial charge in [-0.25, -0.2) is 4.79 Å². The average Bonchev–Trinajstić information content (AvgIpc) is 2.60. The highest BCUT2D eigenvalue weighted by Crippen LogP contribution is 2.27. The quantitative estimate of drug-likeness (QED) is 0.911. The summed E-state index contributed by atoms with van der Waals surface area (Å²) in [6.07, 6.45) is 0.347. The normalized spacial score (nSPS) is 16.2. The molecule has 5 nitrogen and oxygen atoms in total. The van der Waals surface area contributed by atoms with Crippen molar-refractivity contribution in [2.75, 3.05) is 7.11 Å². The van der Waals surface area contributed by atoms with Crippen LogP contribution in [-0.2, 0) is 29.0 Å². The number of carboxylic acid groups (broad SMARTS) is 1. The van der Waals surface area contributed by atoms with E-state index in [1.807, 2.05) is 24.3 Å². The molecule has 3 rings (SSSR count). The van der Waals surface area contributed by atoms with Crippen LogP contribution in [0.2, 0.25) is 5.02 Å². The predicted octanol–water partition coefficient (Wildman–Crippen LogP) is 2.93. The summed E-state index contributed by atoms with van der Waals surface area (Å²) in [7, 11) is 1.52. The fraction of sp³-hybridized carbons (Fsp3) is 0.263. The maximum absolute atomic E-state index is 12.8. The third kappa shape index (κ3) is 3.61. The standard InChI is InChI=1S/C19H18ClNO4/c1-25-17-7-6-15(20)8-14(17)10-18(22)21-11-13-5-3-2-4-12(13)9-16(21)19(23)24/h2-8,16H,9-11H2,1H3,(H,23,24). The molecule has 25 heavy (non-hydrogen) atoms. The van der Waals surface area contributed by atoms with Gasteiger partial charge in [0.2, 0.25) is 5.91 Å². The number of methoxy groups -OCH3 is 1. The number of carbonyl (C=O) groups excluding carboxylic acids is 1. The highest BCUT2D eigenvalue weighted by atomic mass is 35.5. The largest absolute Gasteiger partial charge is 0.496 e. The van der Waals surface area contributed by atoms with Gasteiger partial charge in [-0.2, -0.15) is 0 Å². The van der Waals surface area contributed by atoms with Gasteiger partial charge in [0, 0.05) is 23.6 Å². The summed E-state index contributed by atoms with van der Waals surface area (Å²) in [6, 6.07) is 11.8. The molecule has 1 aliphatic rings. The highest BCUT2D eigenvalue weighted by Gasteiger charge is 2.34. The molecule has 130 valence electrons. The minimum Gasteiger partial charge on any atom is -0.496 e. The van der Waals surface area contributed by atoms with E-state index >= 15 is 0 Å². The lowest BCUT2D eigenvalue weighted by atomic mass is 9.93. The van der Waals surface area contributed by atoms with E-state index in [4.69, 9.17) is 16.3 Å². The first kappa shape index (κ1) is 17.3. The topological polar surface area (TPSA) is 66.8 Å². The van der Waals surface area contributed by atoms with Crippen LogP contribution in [0.15, 0.2) is 42.5 Å². The zero-order chi connectivity index (χ0) is 18.0. The van der Waals surface area contributed by atoms with E-state index in [0.29, 0.717) is 22.8 Å². The molecule has 1 N–H and O–H groups in total. The lowest BCUT2D eigenvalue weighted by Crippen LogP contribution is -2.49. The summed E-state index contributed by atoms with van der Waals surface area (Å²) in [4.78, 5) is 25.9. The summed E-state index contributed by atoms with van der Waals surface area (Å²) in [6.45, 7) is 0.287. The van der Waals surface area contributed by atoms with Crippen LogP contribution >= 0.6 is 11.6 Å². The Morgan fingerprint density at radius 3 is 2.64 bits per heavy atom. The van der Waals surface area contributed by atoms with Gasteiger partial charge < -0.3 is 14.7 Å². The van der Waals surface area contributed by atoms with Gasteiger partial charge in [-0.15, -0.1) is 0 Å². The second-order valence-electron chi connectivity index (χ2n) is 5.98. The van der Waals surface area contributed by atoms with Crippen LogP contribution in [0.25, 0.3) is 0 Å². The zero-order valence-corrected chi connectivity index (χ0v) is 14.5. The Labute approximate surface area is 150 Å². The number of benzene rings is 2. The first-order chi connectivity index (χ1) is 12.0. The molecule has 1 amide bonds. The minimum absolute atomic E-state index is 0.0374. The second-order valence-corrected chi connectivity index (χ2v) is 6.42. The Morgan fingerprint density at radius 1 is 1.24 bits per heavy atom. The molecule has 0 saturated heterocycles. The number of hydrogen-bond acceptors (Lipinski definition) is 3. The van der Waals surface area contributed by atoms with Crippen molar-refractivity contribution >= 4 is 23.5 Å². The number of carboxylic acids is 1. The first-order valence-electron chi connectivity index (χ1n) is 7.91. The number of hydrogen-bond donors (Lipinski definition) is 1. The maximum atomic E-state index is 12.8. The molecule has 0 bridgehead atoms. The van der Waals surface area contributed by atoms with Gasteiger partial charge in [0.1, 0.15) is 11.8 Å². The van der Waals surface area contributed by atoms with E-state index in [0.717, 1.165) is 11.1 Å². The first-order valence-corrected chi connectivity index (χ1v) is 8.29. The van der Waals surface area contributed by atoms with Gasteiger partial charge >= 0.3 is 5.97 Å². The number of amides is 1. The average molecular weight is 360 g/mol. The Kier molecular flexibility index (Phi) is 4.95. The number of rotatable bonds is 4. The van der Waals surface area contributed by atoms with Crippen molar-refractivity contribution < 1.29 is 19.4 Å². The van der Waals surface area contributed by atoms with E-state index in [9.17, 15) is 14.7 Å². The van der Waals surface area contributed by atoms with Crippen LogP contribution in [0.1, 0.15) is 16.7 Å². The van der Waals surface area contributed by atoms with Crippen LogP contribution in [0, 0.1) is 0 Å². The van der Waals surface area contributed by atoms with Crippen LogP contribution in [0.5, 0.6) is 5.75 Å². The zero-order valence-electron chi connectivity index (χ0n) is 13.7. The third-order valence-electron chi connectivity index (χ3n) is 4.44. The predicted molar refractivity (Wildman–Crippen MR) is 93.8 cm³/mol. The molecule has 2 aromatic carbocycles. The SMILES string of the molecule is COc1ccc(Cl)cc1CC(=O)N1Cc2ccccc2CC1C(=O)O. The number of carbonyl (C=O) groups is 2. The molecular weight excluding hydrogens is 342 g/mol. The van der Waals surface area contributed by atoms with Crippen molar-refractivity contribution in [1.82, 2.24) is 4.90 Å². The van der Waals surface area contributed by atoms with Crippen LogP contribution in [0.4, 0.5) is 0 Å². The van der Waals surface area contributed by atoms with E-state index in [1.165, 1.54) is 12.0 Å². The van der Waals surface area contributed by atoms with Gasteiger partial charge in [-0.1, -0.05) is 35.9 Å². The molecule has 1 atom stereocenters. The Hall–Kier alpha value is -2.53. The summed E-state index contributed by atoms with van der Waals surface area (Å²) in [5.41, 5.74) is 2.59. The summed E-state index contributed by atoms with van der Waals surface area (Å²) < 4.78 is 5.27. The fourth-order valence-corrected chi connectivity index (χ4v) is 3.35. The van der Waals surface area contributed by atoms with Gasteiger partial charge in [0.15, 0.2) is 0 Å². The van der Waals surface area contributed by atoms with Crippen LogP contribution in [-0.4, -0.2) is 35.0 Å². The molecule has 1 aliphatic heterocycles. The number of aliphatic carboxylic acids is 1.